The van der Waals surface area contributed by atoms with Gasteiger partial charge in [-0.2, -0.15) is 0 Å². The molecular weight excluding hydrogens is 336 g/mol. The van der Waals surface area contributed by atoms with E-state index in [9.17, 15) is 25.2 Å². The molecule has 0 aromatic rings. The summed E-state index contributed by atoms with van der Waals surface area (Å²) in [6, 6.07) is 0. The second-order valence-corrected chi connectivity index (χ2v) is 9.20. The maximum Gasteiger partial charge on any atom is 0.333 e. The van der Waals surface area contributed by atoms with Gasteiger partial charge in [-0.3, -0.25) is 0 Å². The fourth-order valence-electron chi connectivity index (χ4n) is 6.25. The third-order valence-electron chi connectivity index (χ3n) is 7.67. The summed E-state index contributed by atoms with van der Waals surface area (Å²) in [6.07, 6.45) is 3.23. The van der Waals surface area contributed by atoms with Gasteiger partial charge < -0.3 is 25.2 Å². The van der Waals surface area contributed by atoms with Crippen LogP contribution in [0.4, 0.5) is 0 Å². The van der Waals surface area contributed by atoms with E-state index in [0.717, 1.165) is 19.3 Å². The van der Waals surface area contributed by atoms with E-state index in [1.807, 2.05) is 20.8 Å². The summed E-state index contributed by atoms with van der Waals surface area (Å²) < 4.78 is 4.74. The number of esters is 1. The van der Waals surface area contributed by atoms with Gasteiger partial charge in [-0.1, -0.05) is 27.2 Å². The van der Waals surface area contributed by atoms with E-state index >= 15 is 0 Å². The number of hydrogen-bond donors (Lipinski definition) is 4. The van der Waals surface area contributed by atoms with Gasteiger partial charge in [0.05, 0.1) is 11.7 Å². The lowest BCUT2D eigenvalue weighted by Gasteiger charge is -2.64. The average molecular weight is 368 g/mol. The van der Waals surface area contributed by atoms with E-state index in [-0.39, 0.29) is 18.4 Å². The van der Waals surface area contributed by atoms with Crippen molar-refractivity contribution in [3.05, 3.63) is 11.6 Å². The highest BCUT2D eigenvalue weighted by molar-refractivity contribution is 5.85. The highest BCUT2D eigenvalue weighted by Crippen LogP contribution is 2.63. The van der Waals surface area contributed by atoms with Crippen molar-refractivity contribution in [2.24, 2.45) is 22.7 Å². The van der Waals surface area contributed by atoms with Gasteiger partial charge in [-0.05, 0) is 43.4 Å². The molecule has 0 saturated heterocycles. The number of cyclic esters (lactones) is 1. The number of hydrogen-bond acceptors (Lipinski definition) is 6. The predicted octanol–water partition coefficient (Wildman–Crippen LogP) is 1.50. The van der Waals surface area contributed by atoms with Crippen LogP contribution in [-0.2, 0) is 9.53 Å². The van der Waals surface area contributed by atoms with Crippen LogP contribution in [0.1, 0.15) is 59.3 Å². The van der Waals surface area contributed by atoms with Crippen molar-refractivity contribution in [1.82, 2.24) is 0 Å². The topological polar surface area (TPSA) is 107 Å². The molecule has 3 rings (SSSR count). The fraction of sp³-hybridized carbons (Fsp3) is 0.850. The zero-order valence-electron chi connectivity index (χ0n) is 15.9. The highest BCUT2D eigenvalue weighted by Gasteiger charge is 2.64. The molecule has 148 valence electrons. The molecule has 26 heavy (non-hydrogen) atoms. The van der Waals surface area contributed by atoms with Crippen molar-refractivity contribution >= 4 is 5.97 Å². The molecule has 0 aromatic carbocycles. The van der Waals surface area contributed by atoms with Gasteiger partial charge in [0.1, 0.15) is 0 Å². The predicted molar refractivity (Wildman–Crippen MR) is 94.8 cm³/mol. The zero-order valence-corrected chi connectivity index (χ0v) is 15.9. The molecule has 2 fully saturated rings. The number of carbonyl (C=O) groups is 1. The number of ether oxygens (including phenoxy) is 1. The number of aliphatic hydroxyl groups is 4. The van der Waals surface area contributed by atoms with Crippen molar-refractivity contribution in [3.63, 3.8) is 0 Å². The lowest BCUT2D eigenvalue weighted by molar-refractivity contribution is -0.251. The van der Waals surface area contributed by atoms with Crippen LogP contribution >= 0.6 is 0 Å². The molecule has 1 heterocycles. The van der Waals surface area contributed by atoms with Gasteiger partial charge in [0.25, 0.3) is 0 Å². The van der Waals surface area contributed by atoms with Crippen molar-refractivity contribution in [1.29, 1.82) is 0 Å². The maximum atomic E-state index is 11.8. The highest BCUT2D eigenvalue weighted by atomic mass is 16.6. The van der Waals surface area contributed by atoms with Crippen LogP contribution in [0.2, 0.25) is 0 Å². The Balaban J connectivity index is 1.91. The Morgan fingerprint density at radius 2 is 1.96 bits per heavy atom. The third-order valence-corrected chi connectivity index (χ3v) is 7.67. The van der Waals surface area contributed by atoms with Crippen LogP contribution in [0.15, 0.2) is 11.6 Å². The second-order valence-electron chi connectivity index (χ2n) is 9.20. The largest absolute Gasteiger partial charge is 0.429 e. The molecule has 6 nitrogen and oxygen atoms in total. The zero-order chi connectivity index (χ0) is 19.3. The molecule has 0 bridgehead atoms. The minimum Gasteiger partial charge on any atom is -0.429 e. The van der Waals surface area contributed by atoms with Crippen molar-refractivity contribution in [2.75, 3.05) is 6.61 Å². The van der Waals surface area contributed by atoms with Crippen LogP contribution in [-0.4, -0.2) is 51.0 Å². The molecule has 0 spiro atoms. The van der Waals surface area contributed by atoms with Gasteiger partial charge >= 0.3 is 5.97 Å². The number of aliphatic hydroxyl groups excluding tert-OH is 3. The first kappa shape index (κ1) is 19.8. The molecule has 4 N–H and O–H groups in total. The first-order chi connectivity index (χ1) is 12.1. The van der Waals surface area contributed by atoms with Crippen LogP contribution in [0.3, 0.4) is 0 Å². The van der Waals surface area contributed by atoms with Crippen LogP contribution in [0.25, 0.3) is 0 Å². The molecule has 2 aliphatic carbocycles. The summed E-state index contributed by atoms with van der Waals surface area (Å²) in [6.45, 7) is 5.98. The molecule has 1 aliphatic heterocycles. The van der Waals surface area contributed by atoms with Crippen molar-refractivity contribution < 1.29 is 30.0 Å². The minimum absolute atomic E-state index is 0.0129. The maximum absolute atomic E-state index is 11.8. The van der Waals surface area contributed by atoms with Gasteiger partial charge in [0, 0.05) is 29.6 Å². The smallest absolute Gasteiger partial charge is 0.333 e. The molecule has 0 radical (unpaired) electrons. The molecule has 7 atom stereocenters. The monoisotopic (exact) mass is 368 g/mol. The van der Waals surface area contributed by atoms with E-state index in [1.165, 1.54) is 6.08 Å². The molecule has 0 amide bonds. The summed E-state index contributed by atoms with van der Waals surface area (Å²) in [5.41, 5.74) is -1.54. The van der Waals surface area contributed by atoms with Crippen LogP contribution in [0.5, 0.6) is 0 Å². The Bertz CT molecular complexity index is 603. The second kappa shape index (κ2) is 6.59. The lowest BCUT2D eigenvalue weighted by Crippen LogP contribution is -2.67. The minimum atomic E-state index is -1.23. The quantitative estimate of drug-likeness (QED) is 0.560. The summed E-state index contributed by atoms with van der Waals surface area (Å²) >= 11 is 0. The van der Waals surface area contributed by atoms with Crippen molar-refractivity contribution in [2.45, 2.75) is 77.3 Å². The Morgan fingerprint density at radius 1 is 1.27 bits per heavy atom. The summed E-state index contributed by atoms with van der Waals surface area (Å²) in [7, 11) is 0. The van der Waals surface area contributed by atoms with E-state index in [1.54, 1.807) is 0 Å². The van der Waals surface area contributed by atoms with Crippen LogP contribution < -0.4 is 0 Å². The number of carbonyl (C=O) groups excluding carboxylic acids is 1. The first-order valence-corrected chi connectivity index (χ1v) is 9.68. The summed E-state index contributed by atoms with van der Waals surface area (Å²) in [5.74, 6) is -0.882. The molecule has 2 saturated carbocycles. The van der Waals surface area contributed by atoms with Crippen molar-refractivity contribution in [3.8, 4) is 0 Å². The Hall–Kier alpha value is -0.950. The summed E-state index contributed by atoms with van der Waals surface area (Å²) in [5, 5.41) is 42.5. The van der Waals surface area contributed by atoms with Gasteiger partial charge in [-0.15, -0.1) is 0 Å². The normalized spacial score (nSPS) is 48.7. The summed E-state index contributed by atoms with van der Waals surface area (Å²) in [4.78, 5) is 11.3. The van der Waals surface area contributed by atoms with Gasteiger partial charge in [0.15, 0.2) is 0 Å². The molecule has 3 aliphatic rings. The van der Waals surface area contributed by atoms with Gasteiger partial charge in [0.2, 0.25) is 6.29 Å². The van der Waals surface area contributed by atoms with E-state index in [4.69, 9.17) is 4.74 Å². The number of fused-ring (bicyclic) bond motifs is 1. The lowest BCUT2D eigenvalue weighted by atomic mass is 9.43. The molecular formula is C20H32O6. The van der Waals surface area contributed by atoms with Gasteiger partial charge in [-0.25, -0.2) is 4.79 Å². The SMILES string of the molecule is C[C@@H]1C[C@@H](O)C2[C@@](C)(CO)CCC[C@@]2(C)[C@@]1(O)CCC1=CC(=O)OC1O. The van der Waals surface area contributed by atoms with E-state index in [2.05, 4.69) is 0 Å². The van der Waals surface area contributed by atoms with E-state index < -0.39 is 34.8 Å². The Morgan fingerprint density at radius 3 is 2.54 bits per heavy atom. The standard InChI is InChI=1S/C20H32O6/c1-12-9-14(22)16-18(2,11-21)6-4-7-19(16,3)20(12,25)8-5-13-10-15(23)26-17(13)24/h10,12,14,16-17,21-22,24-25H,4-9,11H2,1-3H3/t12-,14-,16?,17?,18-,19-,20-/m1/s1. The first-order valence-electron chi connectivity index (χ1n) is 9.68. The molecule has 0 aromatic heterocycles. The third kappa shape index (κ3) is 2.82. The Labute approximate surface area is 154 Å². The Kier molecular flexibility index (Phi) is 5.02. The number of rotatable bonds is 4. The fourth-order valence-corrected chi connectivity index (χ4v) is 6.25. The molecule has 6 heteroatoms. The average Bonchev–Trinajstić information content (AvgIpc) is 2.88. The van der Waals surface area contributed by atoms with E-state index in [0.29, 0.717) is 24.8 Å². The molecule has 2 unspecified atom stereocenters. The van der Waals surface area contributed by atoms with Crippen LogP contribution in [0, 0.1) is 22.7 Å².